The first-order valence-electron chi connectivity index (χ1n) is 8.26. The second-order valence-electron chi connectivity index (χ2n) is 6.15. The lowest BCUT2D eigenvalue weighted by Gasteiger charge is -2.09. The number of hydrogen-bond donors (Lipinski definition) is 2. The van der Waals surface area contributed by atoms with E-state index in [0.29, 0.717) is 10.8 Å². The van der Waals surface area contributed by atoms with E-state index in [1.54, 1.807) is 36.6 Å². The van der Waals surface area contributed by atoms with Crippen LogP contribution in [0.3, 0.4) is 0 Å². The molecule has 0 atom stereocenters. The summed E-state index contributed by atoms with van der Waals surface area (Å²) < 4.78 is 1.52. The molecule has 134 valence electrons. The topological polar surface area (TPSA) is 84.2 Å². The van der Waals surface area contributed by atoms with Crippen molar-refractivity contribution in [2.24, 2.45) is 7.05 Å². The smallest absolute Gasteiger partial charge is 0.262 e. The molecule has 1 amide bonds. The lowest BCUT2D eigenvalue weighted by molar-refractivity contribution is -0.113. The predicted octanol–water partition coefficient (Wildman–Crippen LogP) is 2.92. The summed E-state index contributed by atoms with van der Waals surface area (Å²) >= 11 is 2.81. The zero-order valence-electron chi connectivity index (χ0n) is 14.1. The fraction of sp³-hybridized carbons (Fsp3) is 0.278. The molecule has 3 aromatic rings. The summed E-state index contributed by atoms with van der Waals surface area (Å²) in [6.45, 7) is 0. The van der Waals surface area contributed by atoms with Crippen LogP contribution < -0.4 is 10.9 Å². The van der Waals surface area contributed by atoms with Gasteiger partial charge in [0, 0.05) is 11.9 Å². The lowest BCUT2D eigenvalue weighted by Crippen LogP contribution is -2.21. The van der Waals surface area contributed by atoms with Crippen molar-refractivity contribution in [2.45, 2.75) is 24.4 Å². The summed E-state index contributed by atoms with van der Waals surface area (Å²) in [6, 6.07) is 6.56. The van der Waals surface area contributed by atoms with Gasteiger partial charge in [0.2, 0.25) is 5.91 Å². The molecule has 0 unspecified atom stereocenters. The largest absolute Gasteiger partial charge is 0.506 e. The number of thiophene rings is 1. The second kappa shape index (κ2) is 6.77. The molecular formula is C18H17N3O3S2. The Morgan fingerprint density at radius 1 is 1.38 bits per heavy atom. The van der Waals surface area contributed by atoms with Gasteiger partial charge >= 0.3 is 0 Å². The van der Waals surface area contributed by atoms with Crippen LogP contribution in [-0.4, -0.2) is 26.3 Å². The fourth-order valence-corrected chi connectivity index (χ4v) is 5.20. The molecule has 1 aromatic carbocycles. The molecule has 0 aliphatic heterocycles. The molecule has 0 spiro atoms. The number of aromatic nitrogens is 2. The van der Waals surface area contributed by atoms with Crippen molar-refractivity contribution in [3.8, 4) is 5.75 Å². The van der Waals surface area contributed by atoms with Crippen LogP contribution in [0.2, 0.25) is 0 Å². The van der Waals surface area contributed by atoms with E-state index >= 15 is 0 Å². The lowest BCUT2D eigenvalue weighted by atomic mass is 10.2. The van der Waals surface area contributed by atoms with E-state index in [4.69, 9.17) is 0 Å². The van der Waals surface area contributed by atoms with Gasteiger partial charge in [-0.2, -0.15) is 0 Å². The molecule has 0 bridgehead atoms. The number of phenols is 1. The number of anilines is 1. The molecule has 0 saturated carbocycles. The Labute approximate surface area is 157 Å². The first-order valence-corrected chi connectivity index (χ1v) is 10.1. The van der Waals surface area contributed by atoms with E-state index in [1.165, 1.54) is 27.3 Å². The zero-order chi connectivity index (χ0) is 18.3. The maximum atomic E-state index is 12.7. The van der Waals surface area contributed by atoms with Gasteiger partial charge in [0.1, 0.15) is 10.6 Å². The number of thioether (sulfide) groups is 1. The molecule has 2 heterocycles. The Bertz CT molecular complexity index is 1070. The van der Waals surface area contributed by atoms with Crippen LogP contribution >= 0.6 is 23.1 Å². The predicted molar refractivity (Wildman–Crippen MR) is 104 cm³/mol. The van der Waals surface area contributed by atoms with E-state index in [-0.39, 0.29) is 23.0 Å². The number of carbonyl (C=O) groups is 1. The third-order valence-corrected chi connectivity index (χ3v) is 6.63. The number of para-hydroxylation sites is 2. The maximum absolute atomic E-state index is 12.7. The first kappa shape index (κ1) is 17.1. The van der Waals surface area contributed by atoms with Crippen LogP contribution in [-0.2, 0) is 24.7 Å². The number of hydrogen-bond acceptors (Lipinski definition) is 6. The molecule has 1 aliphatic rings. The van der Waals surface area contributed by atoms with Crippen molar-refractivity contribution in [2.75, 3.05) is 11.1 Å². The van der Waals surface area contributed by atoms with Crippen molar-refractivity contribution in [3.05, 3.63) is 45.1 Å². The van der Waals surface area contributed by atoms with E-state index in [9.17, 15) is 14.7 Å². The molecule has 4 rings (SSSR count). The van der Waals surface area contributed by atoms with Gasteiger partial charge in [0.15, 0.2) is 5.16 Å². The molecule has 26 heavy (non-hydrogen) atoms. The summed E-state index contributed by atoms with van der Waals surface area (Å²) in [5.41, 5.74) is 1.48. The molecule has 0 radical (unpaired) electrons. The number of nitrogens with one attached hydrogen (secondary N) is 1. The van der Waals surface area contributed by atoms with Crippen LogP contribution in [0, 0.1) is 0 Å². The highest BCUT2D eigenvalue weighted by atomic mass is 32.2. The Balaban J connectivity index is 1.54. The standard InChI is InChI=1S/C18H17N3O3S2/c1-21-17(24)15-10-5-4-8-13(10)26-16(15)20-18(21)25-9-14(23)19-11-6-2-3-7-12(11)22/h2-3,6-7,22H,4-5,8-9H2,1H3,(H,19,23). The Morgan fingerprint density at radius 3 is 3.00 bits per heavy atom. The van der Waals surface area contributed by atoms with Gasteiger partial charge in [0.05, 0.1) is 16.8 Å². The van der Waals surface area contributed by atoms with Gasteiger partial charge in [0.25, 0.3) is 5.56 Å². The maximum Gasteiger partial charge on any atom is 0.262 e. The van der Waals surface area contributed by atoms with Crippen molar-refractivity contribution in [1.29, 1.82) is 0 Å². The number of fused-ring (bicyclic) bond motifs is 3. The van der Waals surface area contributed by atoms with E-state index in [0.717, 1.165) is 35.0 Å². The number of amides is 1. The second-order valence-corrected chi connectivity index (χ2v) is 8.18. The molecule has 0 saturated heterocycles. The van der Waals surface area contributed by atoms with Gasteiger partial charge in [-0.3, -0.25) is 14.2 Å². The molecule has 0 fully saturated rings. The summed E-state index contributed by atoms with van der Waals surface area (Å²) in [5.74, 6) is -0.143. The van der Waals surface area contributed by atoms with Crippen LogP contribution in [0.5, 0.6) is 5.75 Å². The molecule has 1 aliphatic carbocycles. The van der Waals surface area contributed by atoms with Gasteiger partial charge in [-0.25, -0.2) is 4.98 Å². The summed E-state index contributed by atoms with van der Waals surface area (Å²) in [7, 11) is 1.69. The molecule has 2 aromatic heterocycles. The molecule has 2 N–H and O–H groups in total. The van der Waals surface area contributed by atoms with Gasteiger partial charge in [-0.15, -0.1) is 11.3 Å². The number of nitrogens with zero attached hydrogens (tertiary/aromatic N) is 2. The summed E-state index contributed by atoms with van der Waals surface area (Å²) in [4.78, 5) is 31.5. The normalized spacial score (nSPS) is 13.1. The number of carbonyl (C=O) groups excluding carboxylic acids is 1. The minimum absolute atomic E-state index is 0.0193. The number of aryl methyl sites for hydroxylation is 2. The van der Waals surface area contributed by atoms with Crippen LogP contribution in [0.15, 0.2) is 34.2 Å². The number of benzene rings is 1. The molecule has 6 nitrogen and oxygen atoms in total. The third kappa shape index (κ3) is 2.99. The fourth-order valence-electron chi connectivity index (χ4n) is 3.13. The Kier molecular flexibility index (Phi) is 4.46. The number of phenolic OH excluding ortho intramolecular Hbond substituents is 1. The zero-order valence-corrected chi connectivity index (χ0v) is 15.7. The van der Waals surface area contributed by atoms with E-state index in [2.05, 4.69) is 10.3 Å². The number of rotatable bonds is 4. The quantitative estimate of drug-likeness (QED) is 0.409. The van der Waals surface area contributed by atoms with Crippen LogP contribution in [0.25, 0.3) is 10.2 Å². The molecule has 8 heteroatoms. The Hall–Kier alpha value is -2.32. The van der Waals surface area contributed by atoms with Gasteiger partial charge in [-0.05, 0) is 37.0 Å². The van der Waals surface area contributed by atoms with E-state index < -0.39 is 0 Å². The minimum Gasteiger partial charge on any atom is -0.506 e. The average Bonchev–Trinajstić information content (AvgIpc) is 3.19. The highest BCUT2D eigenvalue weighted by Gasteiger charge is 2.22. The number of aromatic hydroxyl groups is 1. The van der Waals surface area contributed by atoms with Crippen molar-refractivity contribution in [3.63, 3.8) is 0 Å². The third-order valence-electron chi connectivity index (χ3n) is 4.42. The summed E-state index contributed by atoms with van der Waals surface area (Å²) in [6.07, 6.45) is 3.07. The van der Waals surface area contributed by atoms with Crippen LogP contribution in [0.1, 0.15) is 16.9 Å². The highest BCUT2D eigenvalue weighted by Crippen LogP contribution is 2.35. The Morgan fingerprint density at radius 2 is 2.19 bits per heavy atom. The van der Waals surface area contributed by atoms with Gasteiger partial charge < -0.3 is 10.4 Å². The monoisotopic (exact) mass is 387 g/mol. The van der Waals surface area contributed by atoms with Crippen molar-refractivity contribution >= 4 is 44.9 Å². The first-order chi connectivity index (χ1) is 12.5. The minimum atomic E-state index is -0.264. The summed E-state index contributed by atoms with van der Waals surface area (Å²) in [5, 5.41) is 13.7. The van der Waals surface area contributed by atoms with Crippen LogP contribution in [0.4, 0.5) is 5.69 Å². The average molecular weight is 387 g/mol. The van der Waals surface area contributed by atoms with Gasteiger partial charge in [-0.1, -0.05) is 23.9 Å². The van der Waals surface area contributed by atoms with Crippen molar-refractivity contribution < 1.29 is 9.90 Å². The molecular weight excluding hydrogens is 370 g/mol. The van der Waals surface area contributed by atoms with Crippen molar-refractivity contribution in [1.82, 2.24) is 9.55 Å². The highest BCUT2D eigenvalue weighted by molar-refractivity contribution is 7.99. The SMILES string of the molecule is Cn1c(SCC(=O)Nc2ccccc2O)nc2sc3c(c2c1=O)CCC3. The van der Waals surface area contributed by atoms with E-state index in [1.807, 2.05) is 0 Å².